The molecule has 2 aromatic heterocycles. The highest BCUT2D eigenvalue weighted by atomic mass is 16.5. The van der Waals surface area contributed by atoms with E-state index in [1.54, 1.807) is 0 Å². The summed E-state index contributed by atoms with van der Waals surface area (Å²) < 4.78 is 5.90. The zero-order valence-electron chi connectivity index (χ0n) is 10.8. The maximum atomic E-state index is 11.8. The summed E-state index contributed by atoms with van der Waals surface area (Å²) in [6, 6.07) is 9.38. The smallest absolute Gasteiger partial charge is 0.322 e. The second kappa shape index (κ2) is 5.08. The van der Waals surface area contributed by atoms with Crippen molar-refractivity contribution in [1.82, 2.24) is 15.0 Å². The number of hydrogen-bond acceptors (Lipinski definition) is 6. The maximum absolute atomic E-state index is 11.8. The molecule has 1 aromatic carbocycles. The van der Waals surface area contributed by atoms with Crippen molar-refractivity contribution in [2.75, 3.05) is 5.73 Å². The summed E-state index contributed by atoms with van der Waals surface area (Å²) in [6.45, 7) is 0.214. The first-order chi connectivity index (χ1) is 10.1. The van der Waals surface area contributed by atoms with Crippen molar-refractivity contribution in [1.29, 1.82) is 0 Å². The van der Waals surface area contributed by atoms with Gasteiger partial charge in [-0.3, -0.25) is 9.78 Å². The quantitative estimate of drug-likeness (QED) is 0.520. The van der Waals surface area contributed by atoms with Gasteiger partial charge in [0.2, 0.25) is 17.8 Å². The predicted molar refractivity (Wildman–Crippen MR) is 74.3 cm³/mol. The van der Waals surface area contributed by atoms with Crippen LogP contribution < -0.4 is 20.8 Å². The van der Waals surface area contributed by atoms with Gasteiger partial charge in [0.1, 0.15) is 6.61 Å². The molecule has 8 heteroatoms. The van der Waals surface area contributed by atoms with Crippen LogP contribution in [-0.4, -0.2) is 15.0 Å². The lowest BCUT2D eigenvalue weighted by Gasteiger charge is -2.08. The van der Waals surface area contributed by atoms with E-state index in [0.29, 0.717) is 4.73 Å². The average molecular weight is 285 g/mol. The van der Waals surface area contributed by atoms with Gasteiger partial charge >= 0.3 is 11.1 Å². The largest absolute Gasteiger partial charge is 0.618 e. The molecule has 0 atom stereocenters. The van der Waals surface area contributed by atoms with Gasteiger partial charge in [-0.25, -0.2) is 0 Å². The molecule has 106 valence electrons. The number of nitrogens with zero attached hydrogens (tertiary/aromatic N) is 3. The van der Waals surface area contributed by atoms with E-state index in [1.807, 2.05) is 30.3 Å². The third-order valence-electron chi connectivity index (χ3n) is 2.78. The number of nitrogens with two attached hydrogens (primary N) is 1. The van der Waals surface area contributed by atoms with Gasteiger partial charge in [0.25, 0.3) is 5.88 Å². The summed E-state index contributed by atoms with van der Waals surface area (Å²) in [5, 5.41) is 11.8. The van der Waals surface area contributed by atoms with Crippen LogP contribution >= 0.6 is 0 Å². The molecule has 2 heterocycles. The van der Waals surface area contributed by atoms with Crippen molar-refractivity contribution in [2.24, 2.45) is 0 Å². The molecule has 3 N–H and O–H groups in total. The number of fused-ring (bicyclic) bond motifs is 1. The highest BCUT2D eigenvalue weighted by molar-refractivity contribution is 5.72. The van der Waals surface area contributed by atoms with Gasteiger partial charge in [-0.05, 0) is 5.56 Å². The Labute approximate surface area is 118 Å². The van der Waals surface area contributed by atoms with E-state index in [2.05, 4.69) is 15.0 Å². The van der Waals surface area contributed by atoms with Gasteiger partial charge in [-0.1, -0.05) is 30.3 Å². The first-order valence-corrected chi connectivity index (χ1v) is 6.10. The number of aromatic nitrogens is 4. The molecule has 21 heavy (non-hydrogen) atoms. The molecular formula is C13H11N5O3. The number of nitrogen functional groups attached to an aromatic ring is 1. The molecule has 3 rings (SSSR count). The number of ether oxygens (including phenoxy) is 1. The van der Waals surface area contributed by atoms with Gasteiger partial charge in [0, 0.05) is 0 Å². The summed E-state index contributed by atoms with van der Waals surface area (Å²) in [6.07, 6.45) is 0.845. The van der Waals surface area contributed by atoms with Crippen molar-refractivity contribution >= 4 is 17.1 Å². The lowest BCUT2D eigenvalue weighted by molar-refractivity contribution is -0.578. The topological polar surface area (TPSA) is 121 Å². The van der Waals surface area contributed by atoms with Crippen LogP contribution in [0.25, 0.3) is 11.2 Å². The van der Waals surface area contributed by atoms with Crippen LogP contribution in [0.2, 0.25) is 0 Å². The molecule has 3 aromatic rings. The van der Waals surface area contributed by atoms with Gasteiger partial charge in [0.15, 0.2) is 0 Å². The molecule has 0 aliphatic rings. The van der Waals surface area contributed by atoms with E-state index < -0.39 is 5.56 Å². The molecule has 0 saturated heterocycles. The van der Waals surface area contributed by atoms with Gasteiger partial charge < -0.3 is 15.7 Å². The molecule has 0 bridgehead atoms. The predicted octanol–water partition coefficient (Wildman–Crippen LogP) is 0.113. The van der Waals surface area contributed by atoms with E-state index in [-0.39, 0.29) is 29.6 Å². The molecule has 0 saturated carbocycles. The van der Waals surface area contributed by atoms with Gasteiger partial charge in [-0.2, -0.15) is 14.7 Å². The zero-order chi connectivity index (χ0) is 14.8. The Kier molecular flexibility index (Phi) is 3.11. The minimum absolute atomic E-state index is 0.0209. The van der Waals surface area contributed by atoms with Crippen molar-refractivity contribution in [2.45, 2.75) is 6.61 Å². The van der Waals surface area contributed by atoms with Crippen LogP contribution in [0.4, 0.5) is 5.95 Å². The summed E-state index contributed by atoms with van der Waals surface area (Å²) in [5.74, 6) is -0.0694. The third-order valence-corrected chi connectivity index (χ3v) is 2.78. The summed E-state index contributed by atoms with van der Waals surface area (Å²) in [7, 11) is 0. The highest BCUT2D eigenvalue weighted by Crippen LogP contribution is 2.18. The molecular weight excluding hydrogens is 274 g/mol. The highest BCUT2D eigenvalue weighted by Gasteiger charge is 2.18. The van der Waals surface area contributed by atoms with Crippen LogP contribution in [0.5, 0.6) is 5.88 Å². The Balaban J connectivity index is 2.03. The van der Waals surface area contributed by atoms with Crippen LogP contribution in [0.1, 0.15) is 5.56 Å². The number of nitrogens with one attached hydrogen (secondary N) is 1. The fourth-order valence-corrected chi connectivity index (χ4v) is 1.88. The minimum Gasteiger partial charge on any atom is -0.618 e. The molecule has 0 unspecified atom stereocenters. The third kappa shape index (κ3) is 2.59. The Bertz CT molecular complexity index is 848. The van der Waals surface area contributed by atoms with E-state index >= 15 is 0 Å². The second-order valence-electron chi connectivity index (χ2n) is 4.30. The van der Waals surface area contributed by atoms with E-state index in [4.69, 9.17) is 10.5 Å². The van der Waals surface area contributed by atoms with Crippen molar-refractivity contribution in [3.63, 3.8) is 0 Å². The van der Waals surface area contributed by atoms with Crippen molar-refractivity contribution in [3.8, 4) is 5.88 Å². The molecule has 0 fully saturated rings. The fraction of sp³-hybridized carbons (Fsp3) is 0.0769. The molecule has 0 amide bonds. The zero-order valence-corrected chi connectivity index (χ0v) is 10.8. The Hall–Kier alpha value is -3.16. The first-order valence-electron chi connectivity index (χ1n) is 6.10. The summed E-state index contributed by atoms with van der Waals surface area (Å²) in [4.78, 5) is 21.4. The van der Waals surface area contributed by atoms with Gasteiger partial charge in [0.05, 0.1) is 0 Å². The molecule has 8 nitrogen and oxygen atoms in total. The molecule has 0 aliphatic carbocycles. The first kappa shape index (κ1) is 12.9. The maximum Gasteiger partial charge on any atom is 0.322 e. The lowest BCUT2D eigenvalue weighted by Crippen LogP contribution is -2.34. The molecule has 0 aliphatic heterocycles. The van der Waals surface area contributed by atoms with E-state index in [9.17, 15) is 10.0 Å². The fourth-order valence-electron chi connectivity index (χ4n) is 1.88. The van der Waals surface area contributed by atoms with Crippen LogP contribution in [-0.2, 0) is 6.61 Å². The van der Waals surface area contributed by atoms with Crippen molar-refractivity contribution in [3.05, 3.63) is 57.7 Å². The second-order valence-corrected chi connectivity index (χ2v) is 4.30. The van der Waals surface area contributed by atoms with Crippen LogP contribution in [0.3, 0.4) is 0 Å². The molecule has 0 radical (unpaired) electrons. The van der Waals surface area contributed by atoms with Crippen LogP contribution in [0, 0.1) is 5.21 Å². The molecule has 0 spiro atoms. The summed E-state index contributed by atoms with van der Waals surface area (Å²) >= 11 is 0. The number of benzene rings is 1. The number of H-pyrrole nitrogens is 1. The lowest BCUT2D eigenvalue weighted by atomic mass is 10.2. The number of anilines is 1. The standard InChI is InChI=1S/C13H11N5O3/c14-13-16-11-10(18(20)6-9(19)15-11)12(17-13)21-7-8-4-2-1-3-5-8/h1-6H,7H2,(H3,14,15,16,17,19). The Morgan fingerprint density at radius 1 is 1.29 bits per heavy atom. The van der Waals surface area contributed by atoms with E-state index in [0.717, 1.165) is 11.8 Å². The number of hydrogen-bond donors (Lipinski definition) is 2. The SMILES string of the molecule is Nc1nc(OCc2ccccc2)c2c(n1)[nH]c(=O)c[n+]2[O-]. The monoisotopic (exact) mass is 285 g/mol. The number of aromatic amines is 1. The van der Waals surface area contributed by atoms with Crippen molar-refractivity contribution < 1.29 is 9.47 Å². The Morgan fingerprint density at radius 2 is 2.05 bits per heavy atom. The van der Waals surface area contributed by atoms with Gasteiger partial charge in [-0.15, -0.1) is 0 Å². The normalized spacial score (nSPS) is 10.7. The number of rotatable bonds is 3. The summed E-state index contributed by atoms with van der Waals surface area (Å²) in [5.41, 5.74) is 5.95. The Morgan fingerprint density at radius 3 is 2.81 bits per heavy atom. The average Bonchev–Trinajstić information content (AvgIpc) is 2.44. The van der Waals surface area contributed by atoms with E-state index in [1.165, 1.54) is 0 Å². The minimum atomic E-state index is -0.579. The van der Waals surface area contributed by atoms with Crippen LogP contribution in [0.15, 0.2) is 41.3 Å².